The van der Waals surface area contributed by atoms with Gasteiger partial charge in [0.15, 0.2) is 6.29 Å². The summed E-state index contributed by atoms with van der Waals surface area (Å²) in [6.07, 6.45) is 1.02. The van der Waals surface area contributed by atoms with Crippen LogP contribution in [0.4, 0.5) is 0 Å². The van der Waals surface area contributed by atoms with Crippen molar-refractivity contribution in [3.05, 3.63) is 0 Å². The average molecular weight is 166 g/mol. The summed E-state index contributed by atoms with van der Waals surface area (Å²) in [5.41, 5.74) is -0.350. The van der Waals surface area contributed by atoms with E-state index in [0.29, 0.717) is 6.61 Å². The van der Waals surface area contributed by atoms with Crippen LogP contribution in [0, 0.1) is 0 Å². The number of aliphatic hydroxyl groups is 1. The molecule has 4 heteroatoms. The predicted octanol–water partition coefficient (Wildman–Crippen LogP) is 0.617. The molecule has 0 heterocycles. The summed E-state index contributed by atoms with van der Waals surface area (Å²) in [5.74, 6) is 0. The highest BCUT2D eigenvalue weighted by Crippen LogP contribution is 2.39. The van der Waals surface area contributed by atoms with Crippen LogP contribution < -0.4 is 4.84 Å². The van der Waals surface area contributed by atoms with Gasteiger partial charge in [-0.15, -0.1) is 0 Å². The molecule has 2 N–H and O–H groups in total. The Morgan fingerprint density at radius 2 is 2.40 bits per heavy atom. The summed E-state index contributed by atoms with van der Waals surface area (Å²) < 4.78 is 4.97. The van der Waals surface area contributed by atoms with E-state index >= 15 is 0 Å². The quantitative estimate of drug-likeness (QED) is 0.474. The predicted molar refractivity (Wildman–Crippen MR) is 38.6 cm³/mol. The molecule has 0 aromatic heterocycles. The maximum absolute atomic E-state index is 9.27. The first kappa shape index (κ1) is 8.27. The Morgan fingerprint density at radius 3 is 2.70 bits per heavy atom. The molecule has 10 heavy (non-hydrogen) atoms. The molecule has 0 saturated heterocycles. The van der Waals surface area contributed by atoms with Crippen LogP contribution in [0.1, 0.15) is 19.8 Å². The molecular formula is C6H12ClNO2. The minimum atomic E-state index is -0.755. The van der Waals surface area contributed by atoms with Crippen molar-refractivity contribution in [3.8, 4) is 0 Å². The molecule has 0 aromatic rings. The molecule has 0 aromatic carbocycles. The Morgan fingerprint density at radius 1 is 1.80 bits per heavy atom. The molecular weight excluding hydrogens is 154 g/mol. The molecule has 3 nitrogen and oxygen atoms in total. The Labute approximate surface area is 65.4 Å². The molecule has 1 rings (SSSR count). The van der Waals surface area contributed by atoms with Crippen molar-refractivity contribution < 1.29 is 9.84 Å². The summed E-state index contributed by atoms with van der Waals surface area (Å²) in [6, 6.07) is 0. The standard InChI is InChI=1S/C6H12ClNO2/c1-2-10-5(9)6(8-7)3-4-6/h5,8-9H,2-4H2,1H3. The lowest BCUT2D eigenvalue weighted by molar-refractivity contribution is -0.119. The molecule has 0 amide bonds. The zero-order chi connectivity index (χ0) is 7.61. The topological polar surface area (TPSA) is 41.5 Å². The number of aliphatic hydroxyl groups excluding tert-OH is 1. The Bertz CT molecular complexity index is 116. The number of hydrogen-bond donors (Lipinski definition) is 2. The number of nitrogens with one attached hydrogen (secondary N) is 1. The minimum absolute atomic E-state index is 0.350. The van der Waals surface area contributed by atoms with Gasteiger partial charge in [-0.3, -0.25) is 0 Å². The molecule has 1 fully saturated rings. The largest absolute Gasteiger partial charge is 0.366 e. The van der Waals surface area contributed by atoms with Crippen molar-refractivity contribution in [2.75, 3.05) is 6.61 Å². The lowest BCUT2D eigenvalue weighted by atomic mass is 10.3. The summed E-state index contributed by atoms with van der Waals surface area (Å²) >= 11 is 5.40. The highest BCUT2D eigenvalue weighted by Gasteiger charge is 2.49. The third-order valence-electron chi connectivity index (χ3n) is 1.77. The summed E-state index contributed by atoms with van der Waals surface area (Å²) in [6.45, 7) is 2.36. The summed E-state index contributed by atoms with van der Waals surface area (Å²) in [5, 5.41) is 9.27. The van der Waals surface area contributed by atoms with Gasteiger partial charge in [-0.25, -0.2) is 4.84 Å². The van der Waals surface area contributed by atoms with Gasteiger partial charge in [-0.2, -0.15) is 0 Å². The van der Waals surface area contributed by atoms with E-state index in [1.807, 2.05) is 6.92 Å². The van der Waals surface area contributed by atoms with Crippen LogP contribution >= 0.6 is 11.8 Å². The van der Waals surface area contributed by atoms with Crippen LogP contribution in [-0.4, -0.2) is 23.5 Å². The van der Waals surface area contributed by atoms with Crippen molar-refractivity contribution >= 4 is 11.8 Å². The first-order valence-electron chi connectivity index (χ1n) is 3.42. The maximum Gasteiger partial charge on any atom is 0.174 e. The van der Waals surface area contributed by atoms with E-state index < -0.39 is 6.29 Å². The Balaban J connectivity index is 2.32. The summed E-state index contributed by atoms with van der Waals surface area (Å²) in [7, 11) is 0. The monoisotopic (exact) mass is 165 g/mol. The molecule has 1 saturated carbocycles. The van der Waals surface area contributed by atoms with Gasteiger partial charge < -0.3 is 9.84 Å². The maximum atomic E-state index is 9.27. The third-order valence-corrected chi connectivity index (χ3v) is 2.15. The van der Waals surface area contributed by atoms with Gasteiger partial charge in [0.25, 0.3) is 0 Å². The van der Waals surface area contributed by atoms with E-state index in [1.54, 1.807) is 0 Å². The normalized spacial score (nSPS) is 24.3. The molecule has 1 aliphatic carbocycles. The van der Waals surface area contributed by atoms with Crippen molar-refractivity contribution in [1.82, 2.24) is 4.84 Å². The van der Waals surface area contributed by atoms with Gasteiger partial charge in [0.05, 0.1) is 5.54 Å². The number of ether oxygens (including phenoxy) is 1. The third kappa shape index (κ3) is 1.42. The number of halogens is 1. The highest BCUT2D eigenvalue weighted by molar-refractivity contribution is 6.14. The van der Waals surface area contributed by atoms with Crippen LogP contribution in [0.15, 0.2) is 0 Å². The Kier molecular flexibility index (Phi) is 2.52. The molecule has 0 radical (unpaired) electrons. The molecule has 1 aliphatic rings. The average Bonchev–Trinajstić information content (AvgIpc) is 2.68. The molecule has 0 bridgehead atoms. The smallest absolute Gasteiger partial charge is 0.174 e. The van der Waals surface area contributed by atoms with Crippen molar-refractivity contribution in [1.29, 1.82) is 0 Å². The first-order chi connectivity index (χ1) is 4.75. The fourth-order valence-corrected chi connectivity index (χ4v) is 1.12. The van der Waals surface area contributed by atoms with E-state index in [1.165, 1.54) is 0 Å². The zero-order valence-electron chi connectivity index (χ0n) is 5.93. The van der Waals surface area contributed by atoms with Crippen LogP contribution in [0.2, 0.25) is 0 Å². The SMILES string of the molecule is CCOC(O)C1(NCl)CC1. The summed E-state index contributed by atoms with van der Waals surface area (Å²) in [4.78, 5) is 2.53. The molecule has 1 atom stereocenters. The fraction of sp³-hybridized carbons (Fsp3) is 1.00. The Hall–Kier alpha value is 0.170. The number of hydrogen-bond acceptors (Lipinski definition) is 3. The van der Waals surface area contributed by atoms with Crippen molar-refractivity contribution in [3.63, 3.8) is 0 Å². The lowest BCUT2D eigenvalue weighted by Crippen LogP contribution is -2.39. The second kappa shape index (κ2) is 3.05. The fourth-order valence-electron chi connectivity index (χ4n) is 0.840. The van der Waals surface area contributed by atoms with Crippen LogP contribution in [0.25, 0.3) is 0 Å². The van der Waals surface area contributed by atoms with Gasteiger partial charge in [-0.05, 0) is 31.5 Å². The minimum Gasteiger partial charge on any atom is -0.366 e. The molecule has 1 unspecified atom stereocenters. The van der Waals surface area contributed by atoms with Crippen molar-refractivity contribution in [2.45, 2.75) is 31.6 Å². The van der Waals surface area contributed by atoms with Crippen LogP contribution in [0.5, 0.6) is 0 Å². The highest BCUT2D eigenvalue weighted by atomic mass is 35.5. The van der Waals surface area contributed by atoms with E-state index in [4.69, 9.17) is 16.5 Å². The van der Waals surface area contributed by atoms with E-state index in [9.17, 15) is 5.11 Å². The van der Waals surface area contributed by atoms with Gasteiger partial charge >= 0.3 is 0 Å². The van der Waals surface area contributed by atoms with Gasteiger partial charge in [-0.1, -0.05) is 0 Å². The second-order valence-corrected chi connectivity index (χ2v) is 2.75. The van der Waals surface area contributed by atoms with Crippen LogP contribution in [-0.2, 0) is 4.74 Å². The van der Waals surface area contributed by atoms with E-state index in [0.717, 1.165) is 12.8 Å². The van der Waals surface area contributed by atoms with E-state index in [-0.39, 0.29) is 5.54 Å². The van der Waals surface area contributed by atoms with Crippen molar-refractivity contribution in [2.24, 2.45) is 0 Å². The van der Waals surface area contributed by atoms with Gasteiger partial charge in [0, 0.05) is 6.61 Å². The molecule has 0 aliphatic heterocycles. The van der Waals surface area contributed by atoms with Gasteiger partial charge in [0.1, 0.15) is 0 Å². The van der Waals surface area contributed by atoms with Crippen LogP contribution in [0.3, 0.4) is 0 Å². The molecule has 0 spiro atoms. The first-order valence-corrected chi connectivity index (χ1v) is 3.80. The zero-order valence-corrected chi connectivity index (χ0v) is 6.69. The molecule has 60 valence electrons. The van der Waals surface area contributed by atoms with Gasteiger partial charge in [0.2, 0.25) is 0 Å². The number of rotatable bonds is 4. The van der Waals surface area contributed by atoms with E-state index in [2.05, 4.69) is 4.84 Å². The second-order valence-electron chi connectivity index (χ2n) is 2.56. The lowest BCUT2D eigenvalue weighted by Gasteiger charge is -2.19.